The third-order valence-electron chi connectivity index (χ3n) is 3.09. The summed E-state index contributed by atoms with van der Waals surface area (Å²) in [6, 6.07) is 1.69. The summed E-state index contributed by atoms with van der Waals surface area (Å²) in [5.41, 5.74) is 1.27. The number of carboxylic acid groups (broad SMARTS) is 1. The van der Waals surface area contributed by atoms with E-state index in [1.54, 1.807) is 19.9 Å². The number of carbonyl (C=O) groups excluding carboxylic acids is 1. The summed E-state index contributed by atoms with van der Waals surface area (Å²) in [6.07, 6.45) is 2.17. The van der Waals surface area contributed by atoms with E-state index in [2.05, 4.69) is 6.58 Å². The summed E-state index contributed by atoms with van der Waals surface area (Å²) >= 11 is 0. The molecule has 1 aromatic carbocycles. The van der Waals surface area contributed by atoms with Crippen LogP contribution in [-0.4, -0.2) is 30.3 Å². The van der Waals surface area contributed by atoms with Gasteiger partial charge in [-0.3, -0.25) is 0 Å². The average Bonchev–Trinajstić information content (AvgIpc) is 2.45. The zero-order valence-electron chi connectivity index (χ0n) is 12.6. The van der Waals surface area contributed by atoms with Crippen molar-refractivity contribution in [3.05, 3.63) is 41.0 Å². The first-order valence-electron chi connectivity index (χ1n) is 6.78. The van der Waals surface area contributed by atoms with E-state index >= 15 is 0 Å². The second kappa shape index (κ2) is 7.47. The molecule has 0 atom stereocenters. The fourth-order valence-corrected chi connectivity index (χ4v) is 2.11. The summed E-state index contributed by atoms with van der Waals surface area (Å²) in [7, 11) is 0. The molecule has 0 amide bonds. The smallest absolute Gasteiger partial charge is 0.342 e. The second-order valence-corrected chi connectivity index (χ2v) is 4.39. The first kappa shape index (κ1) is 16.8. The molecule has 5 heteroatoms. The molecular weight excluding hydrogens is 272 g/mol. The maximum absolute atomic E-state index is 12.1. The van der Waals surface area contributed by atoms with Gasteiger partial charge in [0.15, 0.2) is 0 Å². The molecule has 0 aliphatic rings. The highest BCUT2D eigenvalue weighted by molar-refractivity contribution is 6.05. The average molecular weight is 292 g/mol. The highest BCUT2D eigenvalue weighted by Crippen LogP contribution is 2.30. The number of hydrogen-bond donors (Lipinski definition) is 1. The van der Waals surface area contributed by atoms with Crippen LogP contribution in [0.1, 0.15) is 45.7 Å². The molecule has 0 aliphatic heterocycles. The van der Waals surface area contributed by atoms with Crippen LogP contribution in [0.5, 0.6) is 5.75 Å². The Labute approximate surface area is 124 Å². The predicted molar refractivity (Wildman–Crippen MR) is 79.2 cm³/mol. The Kier molecular flexibility index (Phi) is 5.96. The Bertz CT molecular complexity index is 560. The molecule has 0 radical (unpaired) electrons. The molecule has 1 rings (SSSR count). The maximum atomic E-state index is 12.1. The minimum Gasteiger partial charge on any atom is -0.489 e. The Balaban J connectivity index is 3.58. The molecule has 0 bridgehead atoms. The van der Waals surface area contributed by atoms with Gasteiger partial charge in [0.2, 0.25) is 0 Å². The van der Waals surface area contributed by atoms with Crippen molar-refractivity contribution < 1.29 is 24.2 Å². The van der Waals surface area contributed by atoms with Gasteiger partial charge in [0.25, 0.3) is 0 Å². The fourth-order valence-electron chi connectivity index (χ4n) is 2.11. The molecule has 0 saturated carbocycles. The quantitative estimate of drug-likeness (QED) is 0.618. The Hall–Kier alpha value is -2.30. The van der Waals surface area contributed by atoms with Gasteiger partial charge in [-0.1, -0.05) is 19.6 Å². The van der Waals surface area contributed by atoms with Crippen molar-refractivity contribution in [1.82, 2.24) is 0 Å². The second-order valence-electron chi connectivity index (χ2n) is 4.39. The van der Waals surface area contributed by atoms with Crippen molar-refractivity contribution in [2.75, 3.05) is 13.2 Å². The Morgan fingerprint density at radius 3 is 2.48 bits per heavy atom. The molecule has 114 valence electrons. The third kappa shape index (κ3) is 3.62. The summed E-state index contributed by atoms with van der Waals surface area (Å²) in [5, 5.41) is 9.45. The standard InChI is InChI=1S/C16H20O5/c1-5-8-21-12-9-11(6-2)10(4)13(15(17)18)14(12)16(19)20-7-3/h5,9H,1,6-8H2,2-4H3,(H,17,18). The molecule has 5 nitrogen and oxygen atoms in total. The summed E-state index contributed by atoms with van der Waals surface area (Å²) < 4.78 is 10.4. The van der Waals surface area contributed by atoms with Crippen LogP contribution in [0.15, 0.2) is 18.7 Å². The van der Waals surface area contributed by atoms with Gasteiger partial charge in [-0.2, -0.15) is 0 Å². The highest BCUT2D eigenvalue weighted by Gasteiger charge is 2.26. The van der Waals surface area contributed by atoms with Crippen LogP contribution in [0.3, 0.4) is 0 Å². The Morgan fingerprint density at radius 2 is 2.00 bits per heavy atom. The van der Waals surface area contributed by atoms with Gasteiger partial charge < -0.3 is 14.6 Å². The maximum Gasteiger partial charge on any atom is 0.342 e. The van der Waals surface area contributed by atoms with E-state index < -0.39 is 11.9 Å². The van der Waals surface area contributed by atoms with E-state index in [4.69, 9.17) is 9.47 Å². The molecule has 21 heavy (non-hydrogen) atoms. The van der Waals surface area contributed by atoms with E-state index in [0.717, 1.165) is 5.56 Å². The highest BCUT2D eigenvalue weighted by atomic mass is 16.5. The number of carboxylic acids is 1. The van der Waals surface area contributed by atoms with Crippen LogP contribution < -0.4 is 4.74 Å². The summed E-state index contributed by atoms with van der Waals surface area (Å²) in [6.45, 7) is 9.14. The van der Waals surface area contributed by atoms with Gasteiger partial charge in [0.1, 0.15) is 17.9 Å². The molecular formula is C16H20O5. The molecule has 1 N–H and O–H groups in total. The molecule has 0 aliphatic carbocycles. The van der Waals surface area contributed by atoms with Crippen LogP contribution >= 0.6 is 0 Å². The van der Waals surface area contributed by atoms with E-state index in [0.29, 0.717) is 12.0 Å². The van der Waals surface area contributed by atoms with E-state index in [9.17, 15) is 14.7 Å². The van der Waals surface area contributed by atoms with Crippen molar-refractivity contribution in [2.24, 2.45) is 0 Å². The zero-order valence-corrected chi connectivity index (χ0v) is 12.6. The predicted octanol–water partition coefficient (Wildman–Crippen LogP) is 3.00. The third-order valence-corrected chi connectivity index (χ3v) is 3.09. The molecule has 0 heterocycles. The number of aromatic carboxylic acids is 1. The van der Waals surface area contributed by atoms with Crippen molar-refractivity contribution >= 4 is 11.9 Å². The minimum absolute atomic E-state index is 0.0408. The first-order chi connectivity index (χ1) is 9.97. The van der Waals surface area contributed by atoms with Gasteiger partial charge in [-0.05, 0) is 37.5 Å². The van der Waals surface area contributed by atoms with Gasteiger partial charge in [-0.25, -0.2) is 9.59 Å². The number of carbonyl (C=O) groups is 2. The molecule has 0 aromatic heterocycles. The first-order valence-corrected chi connectivity index (χ1v) is 6.78. The van der Waals surface area contributed by atoms with Crippen LogP contribution in [-0.2, 0) is 11.2 Å². The number of rotatable bonds is 7. The number of ether oxygens (including phenoxy) is 2. The SMILES string of the molecule is C=CCOc1cc(CC)c(C)c(C(=O)O)c1C(=O)OCC. The summed E-state index contributed by atoms with van der Waals surface area (Å²) in [5.74, 6) is -1.65. The molecule has 1 aromatic rings. The van der Waals surface area contributed by atoms with Crippen molar-refractivity contribution in [3.8, 4) is 5.75 Å². The zero-order chi connectivity index (χ0) is 16.0. The van der Waals surface area contributed by atoms with E-state index in [1.165, 1.54) is 6.08 Å². The van der Waals surface area contributed by atoms with E-state index in [-0.39, 0.29) is 30.1 Å². The van der Waals surface area contributed by atoms with Crippen LogP contribution in [0, 0.1) is 6.92 Å². The number of benzene rings is 1. The number of hydrogen-bond acceptors (Lipinski definition) is 4. The topological polar surface area (TPSA) is 72.8 Å². The van der Waals surface area contributed by atoms with Gasteiger partial charge >= 0.3 is 11.9 Å². The van der Waals surface area contributed by atoms with Gasteiger partial charge in [0, 0.05) is 0 Å². The van der Waals surface area contributed by atoms with Crippen molar-refractivity contribution in [3.63, 3.8) is 0 Å². The number of aryl methyl sites for hydroxylation is 1. The fraction of sp³-hybridized carbons (Fsp3) is 0.375. The van der Waals surface area contributed by atoms with Crippen molar-refractivity contribution in [2.45, 2.75) is 27.2 Å². The molecule has 0 saturated heterocycles. The minimum atomic E-state index is -1.17. The molecule has 0 spiro atoms. The van der Waals surface area contributed by atoms with Crippen molar-refractivity contribution in [1.29, 1.82) is 0 Å². The molecule has 0 unspecified atom stereocenters. The van der Waals surface area contributed by atoms with Crippen LogP contribution in [0.4, 0.5) is 0 Å². The Morgan fingerprint density at radius 1 is 1.33 bits per heavy atom. The van der Waals surface area contributed by atoms with Gasteiger partial charge in [-0.15, -0.1) is 0 Å². The van der Waals surface area contributed by atoms with Crippen LogP contribution in [0.2, 0.25) is 0 Å². The van der Waals surface area contributed by atoms with Gasteiger partial charge in [0.05, 0.1) is 12.2 Å². The van der Waals surface area contributed by atoms with Crippen LogP contribution in [0.25, 0.3) is 0 Å². The summed E-state index contributed by atoms with van der Waals surface area (Å²) in [4.78, 5) is 23.7. The lowest BCUT2D eigenvalue weighted by atomic mass is 9.94. The largest absolute Gasteiger partial charge is 0.489 e. The monoisotopic (exact) mass is 292 g/mol. The molecule has 0 fully saturated rings. The lowest BCUT2D eigenvalue weighted by Gasteiger charge is -2.17. The lowest BCUT2D eigenvalue weighted by Crippen LogP contribution is -2.17. The van der Waals surface area contributed by atoms with E-state index in [1.807, 2.05) is 6.92 Å². The normalized spacial score (nSPS) is 10.0. The lowest BCUT2D eigenvalue weighted by molar-refractivity contribution is 0.0509. The number of esters is 1.